The van der Waals surface area contributed by atoms with Crippen molar-refractivity contribution in [3.63, 3.8) is 0 Å². The zero-order chi connectivity index (χ0) is 16.7. The van der Waals surface area contributed by atoms with E-state index in [9.17, 15) is 0 Å². The molecular formula is C20H27NO2. The fraction of sp³-hybridized carbons (Fsp3) is 0.400. The van der Waals surface area contributed by atoms with Gasteiger partial charge in [0.1, 0.15) is 11.5 Å². The van der Waals surface area contributed by atoms with Gasteiger partial charge in [-0.2, -0.15) is 0 Å². The van der Waals surface area contributed by atoms with Crippen molar-refractivity contribution in [3.05, 3.63) is 54.1 Å². The third-order valence-corrected chi connectivity index (χ3v) is 3.20. The summed E-state index contributed by atoms with van der Waals surface area (Å²) in [6.45, 7) is 9.87. The molecule has 0 aromatic heterocycles. The van der Waals surface area contributed by atoms with Crippen molar-refractivity contribution in [2.24, 2.45) is 5.92 Å². The molecule has 0 radical (unpaired) electrons. The van der Waals surface area contributed by atoms with Gasteiger partial charge in [-0.3, -0.25) is 0 Å². The maximum absolute atomic E-state index is 5.72. The van der Waals surface area contributed by atoms with Crippen LogP contribution >= 0.6 is 0 Å². The second kappa shape index (κ2) is 8.47. The minimum Gasteiger partial charge on any atom is -0.493 e. The summed E-state index contributed by atoms with van der Waals surface area (Å²) in [5, 5.41) is 3.42. The first-order chi connectivity index (χ1) is 11.0. The van der Waals surface area contributed by atoms with Crippen molar-refractivity contribution in [1.29, 1.82) is 0 Å². The Hall–Kier alpha value is -2.16. The predicted molar refractivity (Wildman–Crippen MR) is 96.3 cm³/mol. The molecule has 0 saturated carbocycles. The average Bonchev–Trinajstić information content (AvgIpc) is 2.51. The Morgan fingerprint density at radius 2 is 1.65 bits per heavy atom. The lowest BCUT2D eigenvalue weighted by molar-refractivity contribution is 0.242. The number of ether oxygens (including phenoxy) is 2. The second-order valence-corrected chi connectivity index (χ2v) is 6.40. The SMILES string of the molecule is CC(C)COc1ccc(NCc2cccc(OC(C)C)c2)cc1. The Balaban J connectivity index is 1.88. The standard InChI is InChI=1S/C20H27NO2/c1-15(2)14-22-19-10-8-18(9-11-19)21-13-17-6-5-7-20(12-17)23-16(3)4/h5-12,15-16,21H,13-14H2,1-4H3. The molecule has 1 N–H and O–H groups in total. The van der Waals surface area contributed by atoms with E-state index in [-0.39, 0.29) is 6.10 Å². The summed E-state index contributed by atoms with van der Waals surface area (Å²) < 4.78 is 11.4. The highest BCUT2D eigenvalue weighted by Gasteiger charge is 2.01. The van der Waals surface area contributed by atoms with Crippen LogP contribution in [0.4, 0.5) is 5.69 Å². The Kier molecular flexibility index (Phi) is 6.33. The molecule has 0 aliphatic heterocycles. The van der Waals surface area contributed by atoms with E-state index in [1.54, 1.807) is 0 Å². The van der Waals surface area contributed by atoms with Crippen molar-refractivity contribution < 1.29 is 9.47 Å². The number of hydrogen-bond donors (Lipinski definition) is 1. The van der Waals surface area contributed by atoms with Gasteiger partial charge < -0.3 is 14.8 Å². The van der Waals surface area contributed by atoms with Crippen molar-refractivity contribution in [3.8, 4) is 11.5 Å². The molecule has 0 heterocycles. The molecule has 0 amide bonds. The quantitative estimate of drug-likeness (QED) is 0.733. The van der Waals surface area contributed by atoms with Gasteiger partial charge >= 0.3 is 0 Å². The number of hydrogen-bond acceptors (Lipinski definition) is 3. The van der Waals surface area contributed by atoms with Crippen LogP contribution in [-0.2, 0) is 6.54 Å². The molecule has 0 bridgehead atoms. The zero-order valence-electron chi connectivity index (χ0n) is 14.5. The maximum Gasteiger partial charge on any atom is 0.120 e. The largest absolute Gasteiger partial charge is 0.493 e. The van der Waals surface area contributed by atoms with E-state index in [1.165, 1.54) is 5.56 Å². The Morgan fingerprint density at radius 1 is 0.913 bits per heavy atom. The lowest BCUT2D eigenvalue weighted by atomic mass is 10.2. The average molecular weight is 313 g/mol. The summed E-state index contributed by atoms with van der Waals surface area (Å²) in [5.74, 6) is 2.36. The van der Waals surface area contributed by atoms with Crippen LogP contribution in [0.15, 0.2) is 48.5 Å². The highest BCUT2D eigenvalue weighted by Crippen LogP contribution is 2.19. The van der Waals surface area contributed by atoms with E-state index in [0.717, 1.165) is 30.3 Å². The van der Waals surface area contributed by atoms with Crippen LogP contribution < -0.4 is 14.8 Å². The molecule has 124 valence electrons. The number of nitrogens with one attached hydrogen (secondary N) is 1. The van der Waals surface area contributed by atoms with E-state index in [2.05, 4.69) is 31.3 Å². The maximum atomic E-state index is 5.72. The van der Waals surface area contributed by atoms with Crippen LogP contribution in [0.2, 0.25) is 0 Å². The summed E-state index contributed by atoms with van der Waals surface area (Å²) in [6.07, 6.45) is 0.191. The highest BCUT2D eigenvalue weighted by atomic mass is 16.5. The van der Waals surface area contributed by atoms with Gasteiger partial charge in [-0.25, -0.2) is 0 Å². The molecule has 0 aliphatic rings. The highest BCUT2D eigenvalue weighted by molar-refractivity contribution is 5.47. The van der Waals surface area contributed by atoms with E-state index < -0.39 is 0 Å². The van der Waals surface area contributed by atoms with Crippen LogP contribution in [0.1, 0.15) is 33.3 Å². The van der Waals surface area contributed by atoms with E-state index in [4.69, 9.17) is 9.47 Å². The Bertz CT molecular complexity index is 591. The van der Waals surface area contributed by atoms with Crippen LogP contribution in [0.5, 0.6) is 11.5 Å². The van der Waals surface area contributed by atoms with Gasteiger partial charge in [-0.05, 0) is 61.7 Å². The number of anilines is 1. The molecule has 2 rings (SSSR count). The fourth-order valence-corrected chi connectivity index (χ4v) is 2.14. The third kappa shape index (κ3) is 6.23. The second-order valence-electron chi connectivity index (χ2n) is 6.40. The molecule has 0 saturated heterocycles. The van der Waals surface area contributed by atoms with Crippen molar-refractivity contribution in [1.82, 2.24) is 0 Å². The predicted octanol–water partition coefficient (Wildman–Crippen LogP) is 5.12. The van der Waals surface area contributed by atoms with Crippen molar-refractivity contribution >= 4 is 5.69 Å². The van der Waals surface area contributed by atoms with Crippen LogP contribution in [0, 0.1) is 5.92 Å². The molecular weight excluding hydrogens is 286 g/mol. The normalized spacial score (nSPS) is 10.9. The van der Waals surface area contributed by atoms with E-state index in [1.807, 2.05) is 50.2 Å². The zero-order valence-corrected chi connectivity index (χ0v) is 14.5. The molecule has 0 atom stereocenters. The summed E-state index contributed by atoms with van der Waals surface area (Å²) in [5.41, 5.74) is 2.28. The molecule has 0 unspecified atom stereocenters. The summed E-state index contributed by atoms with van der Waals surface area (Å²) in [4.78, 5) is 0. The molecule has 0 spiro atoms. The third-order valence-electron chi connectivity index (χ3n) is 3.20. The van der Waals surface area contributed by atoms with Gasteiger partial charge in [0.2, 0.25) is 0 Å². The molecule has 0 aliphatic carbocycles. The van der Waals surface area contributed by atoms with Crippen molar-refractivity contribution in [2.45, 2.75) is 40.3 Å². The van der Waals surface area contributed by atoms with Gasteiger partial charge in [0.05, 0.1) is 12.7 Å². The topological polar surface area (TPSA) is 30.5 Å². The van der Waals surface area contributed by atoms with Crippen molar-refractivity contribution in [2.75, 3.05) is 11.9 Å². The molecule has 2 aromatic carbocycles. The molecule has 23 heavy (non-hydrogen) atoms. The van der Waals surface area contributed by atoms with Gasteiger partial charge in [-0.1, -0.05) is 26.0 Å². The Labute approximate surface area is 139 Å². The lowest BCUT2D eigenvalue weighted by Crippen LogP contribution is -2.06. The summed E-state index contributed by atoms with van der Waals surface area (Å²) in [7, 11) is 0. The van der Waals surface area contributed by atoms with Crippen LogP contribution in [0.3, 0.4) is 0 Å². The minimum absolute atomic E-state index is 0.191. The minimum atomic E-state index is 0.191. The summed E-state index contributed by atoms with van der Waals surface area (Å²) in [6, 6.07) is 16.3. The van der Waals surface area contributed by atoms with Crippen LogP contribution in [-0.4, -0.2) is 12.7 Å². The van der Waals surface area contributed by atoms with E-state index in [0.29, 0.717) is 5.92 Å². The lowest BCUT2D eigenvalue weighted by Gasteiger charge is -2.12. The monoisotopic (exact) mass is 313 g/mol. The Morgan fingerprint density at radius 3 is 2.30 bits per heavy atom. The number of rotatable bonds is 8. The van der Waals surface area contributed by atoms with Gasteiger partial charge in [0.25, 0.3) is 0 Å². The first-order valence-electron chi connectivity index (χ1n) is 8.25. The van der Waals surface area contributed by atoms with Gasteiger partial charge in [-0.15, -0.1) is 0 Å². The van der Waals surface area contributed by atoms with Gasteiger partial charge in [0.15, 0.2) is 0 Å². The number of benzene rings is 2. The molecule has 3 nitrogen and oxygen atoms in total. The smallest absolute Gasteiger partial charge is 0.120 e. The first kappa shape index (κ1) is 17.2. The fourth-order valence-electron chi connectivity index (χ4n) is 2.14. The molecule has 0 fully saturated rings. The van der Waals surface area contributed by atoms with E-state index >= 15 is 0 Å². The first-order valence-corrected chi connectivity index (χ1v) is 8.25. The molecule has 3 heteroatoms. The van der Waals surface area contributed by atoms with Gasteiger partial charge in [0, 0.05) is 12.2 Å². The molecule has 2 aromatic rings. The summed E-state index contributed by atoms with van der Waals surface area (Å²) >= 11 is 0. The van der Waals surface area contributed by atoms with Crippen LogP contribution in [0.25, 0.3) is 0 Å².